The predicted octanol–water partition coefficient (Wildman–Crippen LogP) is 2.73. The maximum absolute atomic E-state index is 12.2. The molecule has 1 heterocycles. The van der Waals surface area contributed by atoms with E-state index < -0.39 is 0 Å². The van der Waals surface area contributed by atoms with Gasteiger partial charge >= 0.3 is 0 Å². The molecular weight excluding hydrogens is 280 g/mol. The Bertz CT molecular complexity index is 588. The van der Waals surface area contributed by atoms with Gasteiger partial charge in [0.15, 0.2) is 12.1 Å². The highest BCUT2D eigenvalue weighted by Gasteiger charge is 2.09. The molecule has 0 fully saturated rings. The van der Waals surface area contributed by atoms with Gasteiger partial charge < -0.3 is 19.8 Å². The van der Waals surface area contributed by atoms with Crippen LogP contribution in [0.1, 0.15) is 30.6 Å². The molecule has 0 aliphatic heterocycles. The summed E-state index contributed by atoms with van der Waals surface area (Å²) in [5.41, 5.74) is 1.70. The Kier molecular flexibility index (Phi) is 6.58. The minimum Gasteiger partial charge on any atom is -0.361 e. The number of nitrogens with one attached hydrogen (secondary N) is 2. The van der Waals surface area contributed by atoms with Crippen LogP contribution in [0, 0.1) is 0 Å². The first kappa shape index (κ1) is 16.7. The average molecular weight is 304 g/mol. The molecule has 0 aliphatic carbocycles. The molecule has 22 heavy (non-hydrogen) atoms. The van der Waals surface area contributed by atoms with Gasteiger partial charge in [-0.25, -0.2) is 0 Å². The second-order valence-corrected chi connectivity index (χ2v) is 5.01. The quantitative estimate of drug-likeness (QED) is 0.402. The zero-order valence-electron chi connectivity index (χ0n) is 13.2. The number of Topliss-reactive ketones (excluding diaryl/α,β-unsaturated/α-hetero) is 1. The number of rotatable bonds is 10. The van der Waals surface area contributed by atoms with E-state index in [1.807, 2.05) is 44.3 Å². The number of carbonyl (C=O) groups excluding carboxylic acids is 1. The van der Waals surface area contributed by atoms with Gasteiger partial charge in [0.2, 0.25) is 0 Å². The molecule has 0 atom stereocenters. The number of carbonyl (C=O) groups is 1. The summed E-state index contributed by atoms with van der Waals surface area (Å²) in [5.74, 6) is 0.0841. The molecule has 0 aliphatic rings. The van der Waals surface area contributed by atoms with Gasteiger partial charge in [0.05, 0.1) is 6.54 Å². The molecule has 2 aromatic rings. The summed E-state index contributed by atoms with van der Waals surface area (Å²) >= 11 is 0. The van der Waals surface area contributed by atoms with Gasteiger partial charge in [0, 0.05) is 43.5 Å². The van der Waals surface area contributed by atoms with E-state index >= 15 is 0 Å². The molecule has 0 amide bonds. The highest BCUT2D eigenvalue weighted by molar-refractivity contribution is 6.00. The third kappa shape index (κ3) is 4.66. The van der Waals surface area contributed by atoms with Crippen LogP contribution in [-0.2, 0) is 9.47 Å². The molecule has 120 valence electrons. The Balaban J connectivity index is 1.77. The summed E-state index contributed by atoms with van der Waals surface area (Å²) in [5, 5.41) is 4.26. The minimum atomic E-state index is -0.201. The number of aromatic amines is 1. The standard InChI is InChI=1S/C17H24N2O3/c1-3-21-17(22-4-2)8-9-18-12-16(20)14-6-5-13-7-10-19-15(13)11-14/h5-7,10-11,17-19H,3-4,8-9,12H2,1-2H3. The van der Waals surface area contributed by atoms with Crippen molar-refractivity contribution in [3.63, 3.8) is 0 Å². The van der Waals surface area contributed by atoms with E-state index in [4.69, 9.17) is 9.47 Å². The smallest absolute Gasteiger partial charge is 0.176 e. The molecule has 0 spiro atoms. The fraction of sp³-hybridized carbons (Fsp3) is 0.471. The number of ketones is 1. The fourth-order valence-corrected chi connectivity index (χ4v) is 2.33. The molecule has 1 aromatic carbocycles. The third-order valence-electron chi connectivity index (χ3n) is 3.42. The SMILES string of the molecule is CCOC(CCNCC(=O)c1ccc2cc[nH]c2c1)OCC. The van der Waals surface area contributed by atoms with Crippen LogP contribution >= 0.6 is 0 Å². The molecule has 0 unspecified atom stereocenters. The zero-order valence-corrected chi connectivity index (χ0v) is 13.2. The van der Waals surface area contributed by atoms with Gasteiger partial charge in [0.25, 0.3) is 0 Å². The van der Waals surface area contributed by atoms with Crippen molar-refractivity contribution in [1.29, 1.82) is 0 Å². The highest BCUT2D eigenvalue weighted by Crippen LogP contribution is 2.14. The van der Waals surface area contributed by atoms with E-state index in [2.05, 4.69) is 10.3 Å². The fourth-order valence-electron chi connectivity index (χ4n) is 2.33. The largest absolute Gasteiger partial charge is 0.361 e. The summed E-state index contributed by atoms with van der Waals surface area (Å²) < 4.78 is 10.9. The van der Waals surface area contributed by atoms with Crippen molar-refractivity contribution in [2.45, 2.75) is 26.6 Å². The van der Waals surface area contributed by atoms with Crippen LogP contribution in [0.2, 0.25) is 0 Å². The molecule has 5 heteroatoms. The first-order valence-electron chi connectivity index (χ1n) is 7.78. The molecule has 0 radical (unpaired) electrons. The number of aromatic nitrogens is 1. The molecule has 2 N–H and O–H groups in total. The number of hydrogen-bond donors (Lipinski definition) is 2. The number of ether oxygens (including phenoxy) is 2. The molecule has 0 saturated heterocycles. The van der Waals surface area contributed by atoms with Gasteiger partial charge in [-0.15, -0.1) is 0 Å². The van der Waals surface area contributed by atoms with Crippen molar-refractivity contribution in [3.8, 4) is 0 Å². The Labute approximate surface area is 131 Å². The van der Waals surface area contributed by atoms with Crippen molar-refractivity contribution in [3.05, 3.63) is 36.0 Å². The van der Waals surface area contributed by atoms with E-state index in [0.717, 1.165) is 17.3 Å². The van der Waals surface area contributed by atoms with E-state index in [0.29, 0.717) is 31.9 Å². The first-order valence-corrected chi connectivity index (χ1v) is 7.78. The normalized spacial score (nSPS) is 11.4. The molecule has 2 rings (SSSR count). The lowest BCUT2D eigenvalue weighted by Crippen LogP contribution is -2.28. The Morgan fingerprint density at radius 2 is 2.00 bits per heavy atom. The van der Waals surface area contributed by atoms with Crippen LogP contribution in [0.5, 0.6) is 0 Å². The Morgan fingerprint density at radius 3 is 2.73 bits per heavy atom. The maximum atomic E-state index is 12.2. The third-order valence-corrected chi connectivity index (χ3v) is 3.42. The van der Waals surface area contributed by atoms with Crippen molar-refractivity contribution in [2.75, 3.05) is 26.3 Å². The average Bonchev–Trinajstić information content (AvgIpc) is 2.99. The van der Waals surface area contributed by atoms with Crippen molar-refractivity contribution in [1.82, 2.24) is 10.3 Å². The lowest BCUT2D eigenvalue weighted by atomic mass is 10.1. The summed E-state index contributed by atoms with van der Waals surface area (Å²) in [6, 6.07) is 7.70. The van der Waals surface area contributed by atoms with Gasteiger partial charge in [-0.2, -0.15) is 0 Å². The van der Waals surface area contributed by atoms with Gasteiger partial charge in [-0.3, -0.25) is 4.79 Å². The van der Waals surface area contributed by atoms with Crippen LogP contribution in [0.3, 0.4) is 0 Å². The van der Waals surface area contributed by atoms with Crippen molar-refractivity contribution in [2.24, 2.45) is 0 Å². The maximum Gasteiger partial charge on any atom is 0.176 e. The number of fused-ring (bicyclic) bond motifs is 1. The lowest BCUT2D eigenvalue weighted by molar-refractivity contribution is -0.138. The molecule has 0 saturated carbocycles. The van der Waals surface area contributed by atoms with Gasteiger partial charge in [-0.1, -0.05) is 12.1 Å². The van der Waals surface area contributed by atoms with E-state index in [1.165, 1.54) is 0 Å². The molecule has 5 nitrogen and oxygen atoms in total. The minimum absolute atomic E-state index is 0.0841. The lowest BCUT2D eigenvalue weighted by Gasteiger charge is -2.16. The second kappa shape index (κ2) is 8.68. The van der Waals surface area contributed by atoms with Crippen molar-refractivity contribution < 1.29 is 14.3 Å². The topological polar surface area (TPSA) is 63.3 Å². The molecular formula is C17H24N2O3. The van der Waals surface area contributed by atoms with Crippen LogP contribution in [0.25, 0.3) is 10.9 Å². The van der Waals surface area contributed by atoms with Crippen LogP contribution in [-0.4, -0.2) is 43.4 Å². The summed E-state index contributed by atoms with van der Waals surface area (Å²) in [6.45, 7) is 6.14. The molecule has 0 bridgehead atoms. The van der Waals surface area contributed by atoms with Gasteiger partial charge in [0.1, 0.15) is 0 Å². The summed E-state index contributed by atoms with van der Waals surface area (Å²) in [7, 11) is 0. The van der Waals surface area contributed by atoms with Crippen LogP contribution < -0.4 is 5.32 Å². The monoisotopic (exact) mass is 304 g/mol. The van der Waals surface area contributed by atoms with E-state index in [1.54, 1.807) is 0 Å². The zero-order chi connectivity index (χ0) is 15.8. The Morgan fingerprint density at radius 1 is 1.23 bits per heavy atom. The van der Waals surface area contributed by atoms with Crippen molar-refractivity contribution >= 4 is 16.7 Å². The van der Waals surface area contributed by atoms with E-state index in [-0.39, 0.29) is 12.1 Å². The molecule has 1 aromatic heterocycles. The predicted molar refractivity (Wildman–Crippen MR) is 87.2 cm³/mol. The van der Waals surface area contributed by atoms with Crippen LogP contribution in [0.4, 0.5) is 0 Å². The number of benzene rings is 1. The second-order valence-electron chi connectivity index (χ2n) is 5.01. The first-order chi connectivity index (χ1) is 10.7. The number of H-pyrrole nitrogens is 1. The Hall–Kier alpha value is -1.69. The summed E-state index contributed by atoms with van der Waals surface area (Å²) in [6.07, 6.45) is 2.40. The van der Waals surface area contributed by atoms with E-state index in [9.17, 15) is 4.79 Å². The summed E-state index contributed by atoms with van der Waals surface area (Å²) in [4.78, 5) is 15.3. The van der Waals surface area contributed by atoms with Crippen LogP contribution in [0.15, 0.2) is 30.5 Å². The van der Waals surface area contributed by atoms with Gasteiger partial charge in [-0.05, 0) is 31.4 Å². The number of hydrogen-bond acceptors (Lipinski definition) is 4. The highest BCUT2D eigenvalue weighted by atomic mass is 16.7.